The minimum absolute atomic E-state index is 0.0470. The Hall–Kier alpha value is -1.46. The molecule has 5 nitrogen and oxygen atoms in total. The summed E-state index contributed by atoms with van der Waals surface area (Å²) in [6.45, 7) is 5.45. The van der Waals surface area contributed by atoms with E-state index < -0.39 is 5.97 Å². The summed E-state index contributed by atoms with van der Waals surface area (Å²) in [4.78, 5) is 10.9. The van der Waals surface area contributed by atoms with Gasteiger partial charge in [-0.15, -0.1) is 0 Å². The number of hydrogen-bond acceptors (Lipinski definition) is 4. The highest BCUT2D eigenvalue weighted by Crippen LogP contribution is 2.30. The quantitative estimate of drug-likeness (QED) is 0.617. The number of carboxylic acids is 1. The van der Waals surface area contributed by atoms with Gasteiger partial charge >= 0.3 is 5.97 Å². The molecule has 0 aliphatic rings. The third kappa shape index (κ3) is 7.57. The van der Waals surface area contributed by atoms with E-state index in [9.17, 15) is 4.79 Å². The molecule has 0 aromatic heterocycles. The summed E-state index contributed by atoms with van der Waals surface area (Å²) in [5.74, 6) is 0.537. The molecule has 0 aliphatic heterocycles. The van der Waals surface area contributed by atoms with Gasteiger partial charge < -0.3 is 19.3 Å². The van der Waals surface area contributed by atoms with Gasteiger partial charge in [-0.3, -0.25) is 4.79 Å². The van der Waals surface area contributed by atoms with Crippen molar-refractivity contribution >= 4 is 17.6 Å². The molecule has 0 aliphatic carbocycles. The Morgan fingerprint density at radius 3 is 2.61 bits per heavy atom. The van der Waals surface area contributed by atoms with Gasteiger partial charge in [0.1, 0.15) is 11.5 Å². The predicted octanol–water partition coefficient (Wildman–Crippen LogP) is 3.88. The Morgan fingerprint density at radius 1 is 1.26 bits per heavy atom. The third-order valence-electron chi connectivity index (χ3n) is 3.50. The van der Waals surface area contributed by atoms with Crippen molar-refractivity contribution in [1.82, 2.24) is 0 Å². The first-order valence-electron chi connectivity index (χ1n) is 7.70. The fraction of sp³-hybridized carbons (Fsp3) is 0.588. The molecule has 0 spiro atoms. The molecule has 1 aromatic rings. The van der Waals surface area contributed by atoms with E-state index in [-0.39, 0.29) is 18.3 Å². The second-order valence-corrected chi connectivity index (χ2v) is 6.11. The molecule has 0 bridgehead atoms. The van der Waals surface area contributed by atoms with Gasteiger partial charge in [-0.05, 0) is 18.1 Å². The van der Waals surface area contributed by atoms with E-state index >= 15 is 0 Å². The number of halogens is 1. The highest BCUT2D eigenvalue weighted by molar-refractivity contribution is 6.32. The van der Waals surface area contributed by atoms with Crippen LogP contribution in [0.1, 0.15) is 26.7 Å². The Kier molecular flexibility index (Phi) is 8.81. The average Bonchev–Trinajstić information content (AvgIpc) is 2.49. The smallest absolute Gasteiger partial charge is 0.303 e. The van der Waals surface area contributed by atoms with Gasteiger partial charge in [0.2, 0.25) is 0 Å². The second-order valence-electron chi connectivity index (χ2n) is 5.70. The van der Waals surface area contributed by atoms with E-state index in [1.807, 2.05) is 13.8 Å². The maximum Gasteiger partial charge on any atom is 0.303 e. The molecule has 6 heteroatoms. The molecule has 0 radical (unpaired) electrons. The molecular weight excluding hydrogens is 320 g/mol. The van der Waals surface area contributed by atoms with Gasteiger partial charge in [-0.1, -0.05) is 25.4 Å². The van der Waals surface area contributed by atoms with Gasteiger partial charge in [0.25, 0.3) is 0 Å². The van der Waals surface area contributed by atoms with E-state index in [2.05, 4.69) is 0 Å². The van der Waals surface area contributed by atoms with Crippen molar-refractivity contribution in [3.63, 3.8) is 0 Å². The Balaban J connectivity index is 2.60. The highest BCUT2D eigenvalue weighted by atomic mass is 35.5. The van der Waals surface area contributed by atoms with Crippen LogP contribution in [0.15, 0.2) is 18.2 Å². The molecule has 0 saturated heterocycles. The van der Waals surface area contributed by atoms with Crippen LogP contribution in [0.3, 0.4) is 0 Å². The van der Waals surface area contributed by atoms with Crippen molar-refractivity contribution in [2.75, 3.05) is 26.9 Å². The van der Waals surface area contributed by atoms with Crippen molar-refractivity contribution in [2.24, 2.45) is 11.8 Å². The molecule has 0 heterocycles. The zero-order chi connectivity index (χ0) is 17.2. The normalized spacial score (nSPS) is 12.2. The zero-order valence-electron chi connectivity index (χ0n) is 13.9. The number of benzene rings is 1. The molecule has 23 heavy (non-hydrogen) atoms. The zero-order valence-corrected chi connectivity index (χ0v) is 14.6. The first kappa shape index (κ1) is 19.6. The van der Waals surface area contributed by atoms with Crippen LogP contribution in [0.2, 0.25) is 5.02 Å². The summed E-state index contributed by atoms with van der Waals surface area (Å²) in [7, 11) is 1.64. The summed E-state index contributed by atoms with van der Waals surface area (Å²) in [6, 6.07) is 5.19. The summed E-state index contributed by atoms with van der Waals surface area (Å²) < 4.78 is 16.3. The van der Waals surface area contributed by atoms with Gasteiger partial charge in [-0.25, -0.2) is 0 Å². The SMILES string of the molecule is COCCCOc1cc(OCC(CC(=O)O)C(C)C)ccc1Cl. The van der Waals surface area contributed by atoms with E-state index in [0.717, 1.165) is 6.42 Å². The molecule has 0 fully saturated rings. The Morgan fingerprint density at radius 2 is 2.00 bits per heavy atom. The molecule has 0 saturated carbocycles. The van der Waals surface area contributed by atoms with Gasteiger partial charge in [0.05, 0.1) is 24.7 Å². The van der Waals surface area contributed by atoms with E-state index in [4.69, 9.17) is 30.9 Å². The number of carboxylic acid groups (broad SMARTS) is 1. The van der Waals surface area contributed by atoms with Crippen LogP contribution in [0.25, 0.3) is 0 Å². The van der Waals surface area contributed by atoms with Crippen LogP contribution in [-0.4, -0.2) is 38.0 Å². The van der Waals surface area contributed by atoms with E-state index in [1.165, 1.54) is 0 Å². The molecule has 130 valence electrons. The van der Waals surface area contributed by atoms with Crippen LogP contribution in [0.5, 0.6) is 11.5 Å². The maximum atomic E-state index is 10.9. The predicted molar refractivity (Wildman–Crippen MR) is 89.5 cm³/mol. The van der Waals surface area contributed by atoms with Crippen molar-refractivity contribution in [1.29, 1.82) is 0 Å². The summed E-state index contributed by atoms with van der Waals surface area (Å²) in [5, 5.41) is 9.46. The van der Waals surface area contributed by atoms with E-state index in [1.54, 1.807) is 25.3 Å². The minimum Gasteiger partial charge on any atom is -0.493 e. The first-order valence-corrected chi connectivity index (χ1v) is 8.07. The standard InChI is InChI=1S/C17H25ClO5/c1-12(2)13(9-17(19)20)11-23-14-5-6-15(18)16(10-14)22-8-4-7-21-3/h5-6,10,12-13H,4,7-9,11H2,1-3H3,(H,19,20). The van der Waals surface area contributed by atoms with Crippen molar-refractivity contribution in [2.45, 2.75) is 26.7 Å². The number of hydrogen-bond donors (Lipinski definition) is 1. The van der Waals surface area contributed by atoms with Gasteiger partial charge in [0.15, 0.2) is 0 Å². The van der Waals surface area contributed by atoms with Gasteiger partial charge in [0, 0.05) is 32.1 Å². The lowest BCUT2D eigenvalue weighted by Crippen LogP contribution is -2.21. The van der Waals surface area contributed by atoms with Crippen molar-refractivity contribution in [3.8, 4) is 11.5 Å². The average molecular weight is 345 g/mol. The molecule has 1 unspecified atom stereocenters. The summed E-state index contributed by atoms with van der Waals surface area (Å²) >= 11 is 6.10. The topological polar surface area (TPSA) is 65.0 Å². The molecular formula is C17H25ClO5. The van der Waals surface area contributed by atoms with Crippen LogP contribution in [0.4, 0.5) is 0 Å². The van der Waals surface area contributed by atoms with Crippen molar-refractivity contribution < 1.29 is 24.1 Å². The lowest BCUT2D eigenvalue weighted by Gasteiger charge is -2.19. The largest absolute Gasteiger partial charge is 0.493 e. The second kappa shape index (κ2) is 10.3. The summed E-state index contributed by atoms with van der Waals surface area (Å²) in [5.41, 5.74) is 0. The Labute approximate surface area is 142 Å². The van der Waals surface area contributed by atoms with Crippen LogP contribution in [0, 0.1) is 11.8 Å². The molecule has 1 aromatic carbocycles. The Bertz CT molecular complexity index is 490. The number of aliphatic carboxylic acids is 1. The molecule has 1 rings (SSSR count). The fourth-order valence-corrected chi connectivity index (χ4v) is 2.16. The lowest BCUT2D eigenvalue weighted by atomic mass is 9.93. The maximum absolute atomic E-state index is 10.9. The van der Waals surface area contributed by atoms with E-state index in [0.29, 0.717) is 36.3 Å². The van der Waals surface area contributed by atoms with Crippen LogP contribution >= 0.6 is 11.6 Å². The summed E-state index contributed by atoms with van der Waals surface area (Å²) in [6.07, 6.45) is 0.859. The molecule has 1 N–H and O–H groups in total. The molecule has 0 amide bonds. The van der Waals surface area contributed by atoms with Crippen molar-refractivity contribution in [3.05, 3.63) is 23.2 Å². The minimum atomic E-state index is -0.814. The molecule has 1 atom stereocenters. The van der Waals surface area contributed by atoms with Crippen LogP contribution < -0.4 is 9.47 Å². The lowest BCUT2D eigenvalue weighted by molar-refractivity contribution is -0.138. The highest BCUT2D eigenvalue weighted by Gasteiger charge is 2.18. The monoisotopic (exact) mass is 344 g/mol. The number of ether oxygens (including phenoxy) is 3. The fourth-order valence-electron chi connectivity index (χ4n) is 1.98. The van der Waals surface area contributed by atoms with Gasteiger partial charge in [-0.2, -0.15) is 0 Å². The number of rotatable bonds is 11. The first-order chi connectivity index (χ1) is 10.9. The van der Waals surface area contributed by atoms with Crippen LogP contribution in [-0.2, 0) is 9.53 Å². The number of methoxy groups -OCH3 is 1. The third-order valence-corrected chi connectivity index (χ3v) is 3.81. The number of carbonyl (C=O) groups is 1.